The Labute approximate surface area is 76.3 Å². The summed E-state index contributed by atoms with van der Waals surface area (Å²) in [5.74, 6) is 0. The fraction of sp³-hybridized carbons (Fsp3) is 0.222. The lowest BCUT2D eigenvalue weighted by Gasteiger charge is -2.18. The lowest BCUT2D eigenvalue weighted by Crippen LogP contribution is -2.44. The molecular weight excluding hydrogens is 166 g/mol. The maximum atomic E-state index is 10.6. The normalized spacial score (nSPS) is 14.0. The van der Waals surface area contributed by atoms with Crippen molar-refractivity contribution < 1.29 is 4.79 Å². The van der Waals surface area contributed by atoms with Gasteiger partial charge < -0.3 is 5.73 Å². The van der Waals surface area contributed by atoms with Crippen molar-refractivity contribution in [2.45, 2.75) is 6.42 Å². The monoisotopic (exact) mass is 177 g/mol. The predicted octanol–water partition coefficient (Wildman–Crippen LogP) is 0.632. The molecule has 1 aliphatic rings. The van der Waals surface area contributed by atoms with Gasteiger partial charge in [0.25, 0.3) is 0 Å². The molecule has 4 heteroatoms. The molecule has 2 amide bonds. The van der Waals surface area contributed by atoms with Gasteiger partial charge in [-0.2, -0.15) is 0 Å². The quantitative estimate of drug-likeness (QED) is 0.661. The molecule has 2 rings (SSSR count). The topological polar surface area (TPSA) is 58.4 Å². The van der Waals surface area contributed by atoms with E-state index in [1.807, 2.05) is 18.2 Å². The van der Waals surface area contributed by atoms with Crippen molar-refractivity contribution in [3.05, 3.63) is 29.8 Å². The molecule has 0 saturated heterocycles. The highest BCUT2D eigenvalue weighted by atomic mass is 16.2. The van der Waals surface area contributed by atoms with E-state index in [0.717, 1.165) is 18.7 Å². The lowest BCUT2D eigenvalue weighted by atomic mass is 10.2. The average molecular weight is 177 g/mol. The number of carbonyl (C=O) groups excluding carboxylic acids is 1. The molecule has 1 aromatic rings. The maximum absolute atomic E-state index is 10.6. The van der Waals surface area contributed by atoms with E-state index < -0.39 is 6.03 Å². The van der Waals surface area contributed by atoms with Gasteiger partial charge in [-0.3, -0.25) is 5.01 Å². The fourth-order valence-electron chi connectivity index (χ4n) is 1.59. The molecule has 1 heterocycles. The Morgan fingerprint density at radius 3 is 3.00 bits per heavy atom. The molecule has 3 N–H and O–H groups in total. The summed E-state index contributed by atoms with van der Waals surface area (Å²) in [4.78, 5) is 10.6. The average Bonchev–Trinajstić information content (AvgIpc) is 2.48. The number of hydrazine groups is 1. The number of benzene rings is 1. The minimum atomic E-state index is -0.517. The van der Waals surface area contributed by atoms with Crippen molar-refractivity contribution >= 4 is 11.7 Å². The van der Waals surface area contributed by atoms with E-state index in [2.05, 4.69) is 11.5 Å². The number of hydrogen-bond donors (Lipinski definition) is 2. The molecule has 0 saturated carbocycles. The van der Waals surface area contributed by atoms with Crippen molar-refractivity contribution in [2.24, 2.45) is 5.73 Å². The van der Waals surface area contributed by atoms with E-state index in [0.29, 0.717) is 0 Å². The molecule has 0 spiro atoms. The smallest absolute Gasteiger partial charge is 0.330 e. The molecular formula is C9H11N3O. The molecule has 13 heavy (non-hydrogen) atoms. The molecule has 0 unspecified atom stereocenters. The van der Waals surface area contributed by atoms with Crippen LogP contribution in [0.1, 0.15) is 5.56 Å². The highest BCUT2D eigenvalue weighted by molar-refractivity contribution is 5.75. The number of fused-ring (bicyclic) bond motifs is 1. The molecule has 4 nitrogen and oxygen atoms in total. The highest BCUT2D eigenvalue weighted by Gasteiger charge is 2.18. The first kappa shape index (κ1) is 7.91. The largest absolute Gasteiger partial charge is 0.350 e. The zero-order valence-electron chi connectivity index (χ0n) is 7.16. The molecule has 1 aliphatic heterocycles. The summed E-state index contributed by atoms with van der Waals surface area (Å²) >= 11 is 0. The van der Waals surface area contributed by atoms with Crippen LogP contribution in [0.15, 0.2) is 24.3 Å². The summed E-state index contributed by atoms with van der Waals surface area (Å²) in [6.07, 6.45) is 0.955. The summed E-state index contributed by atoms with van der Waals surface area (Å²) in [6, 6.07) is 7.44. The van der Waals surface area contributed by atoms with Gasteiger partial charge in [0, 0.05) is 6.54 Å². The number of amides is 2. The number of urea groups is 1. The van der Waals surface area contributed by atoms with E-state index in [9.17, 15) is 4.79 Å². The van der Waals surface area contributed by atoms with Crippen LogP contribution in [0, 0.1) is 0 Å². The third-order valence-electron chi connectivity index (χ3n) is 2.13. The third kappa shape index (κ3) is 1.42. The van der Waals surface area contributed by atoms with Gasteiger partial charge in [-0.1, -0.05) is 18.2 Å². The van der Waals surface area contributed by atoms with Crippen molar-refractivity contribution in [3.63, 3.8) is 0 Å². The minimum absolute atomic E-state index is 0.517. The second kappa shape index (κ2) is 2.97. The SMILES string of the molecule is NC(=O)NN1CCc2ccccc21. The van der Waals surface area contributed by atoms with Gasteiger partial charge in [-0.05, 0) is 18.1 Å². The van der Waals surface area contributed by atoms with Crippen molar-refractivity contribution in [3.8, 4) is 0 Å². The lowest BCUT2D eigenvalue weighted by molar-refractivity contribution is 0.248. The number of rotatable bonds is 1. The Bertz CT molecular complexity index is 337. The van der Waals surface area contributed by atoms with Crippen LogP contribution in [0.3, 0.4) is 0 Å². The highest BCUT2D eigenvalue weighted by Crippen LogP contribution is 2.25. The first-order chi connectivity index (χ1) is 6.27. The zero-order chi connectivity index (χ0) is 9.26. The summed E-state index contributed by atoms with van der Waals surface area (Å²) < 4.78 is 0. The predicted molar refractivity (Wildman–Crippen MR) is 50.2 cm³/mol. The third-order valence-corrected chi connectivity index (χ3v) is 2.13. The first-order valence-electron chi connectivity index (χ1n) is 4.19. The van der Waals surface area contributed by atoms with Crippen LogP contribution in [0.25, 0.3) is 0 Å². The van der Waals surface area contributed by atoms with E-state index in [4.69, 9.17) is 5.73 Å². The van der Waals surface area contributed by atoms with E-state index in [1.165, 1.54) is 5.56 Å². The summed E-state index contributed by atoms with van der Waals surface area (Å²) in [6.45, 7) is 0.794. The Kier molecular flexibility index (Phi) is 1.81. The van der Waals surface area contributed by atoms with Crippen LogP contribution in [0.4, 0.5) is 10.5 Å². The number of anilines is 1. The van der Waals surface area contributed by atoms with Crippen LogP contribution >= 0.6 is 0 Å². The molecule has 1 aromatic carbocycles. The molecule has 0 aromatic heterocycles. The van der Waals surface area contributed by atoms with E-state index in [-0.39, 0.29) is 0 Å². The van der Waals surface area contributed by atoms with Crippen LogP contribution in [0.5, 0.6) is 0 Å². The van der Waals surface area contributed by atoms with Gasteiger partial charge in [-0.15, -0.1) is 0 Å². The Balaban J connectivity index is 2.23. The summed E-state index contributed by atoms with van der Waals surface area (Å²) in [7, 11) is 0. The number of para-hydroxylation sites is 1. The molecule has 0 aliphatic carbocycles. The van der Waals surface area contributed by atoms with Crippen LogP contribution in [-0.4, -0.2) is 12.6 Å². The van der Waals surface area contributed by atoms with Gasteiger partial charge >= 0.3 is 6.03 Å². The zero-order valence-corrected chi connectivity index (χ0v) is 7.16. The Morgan fingerprint density at radius 1 is 1.46 bits per heavy atom. The number of primary amides is 1. The number of carbonyl (C=O) groups is 1. The molecule has 0 atom stereocenters. The number of nitrogens with one attached hydrogen (secondary N) is 1. The van der Waals surface area contributed by atoms with Crippen molar-refractivity contribution in [2.75, 3.05) is 11.6 Å². The van der Waals surface area contributed by atoms with Crippen LogP contribution in [0.2, 0.25) is 0 Å². The van der Waals surface area contributed by atoms with Gasteiger partial charge in [0.2, 0.25) is 0 Å². The van der Waals surface area contributed by atoms with Crippen molar-refractivity contribution in [1.29, 1.82) is 0 Å². The number of nitrogens with two attached hydrogens (primary N) is 1. The molecule has 0 radical (unpaired) electrons. The minimum Gasteiger partial charge on any atom is -0.350 e. The second-order valence-corrected chi connectivity index (χ2v) is 3.01. The standard InChI is InChI=1S/C9H11N3O/c10-9(13)11-12-6-5-7-3-1-2-4-8(7)12/h1-4H,5-6H2,(H3,10,11,13). The van der Waals surface area contributed by atoms with Gasteiger partial charge in [0.15, 0.2) is 0 Å². The van der Waals surface area contributed by atoms with E-state index >= 15 is 0 Å². The van der Waals surface area contributed by atoms with Gasteiger partial charge in [0.05, 0.1) is 5.69 Å². The van der Waals surface area contributed by atoms with Gasteiger partial charge in [-0.25, -0.2) is 10.2 Å². The van der Waals surface area contributed by atoms with Gasteiger partial charge in [0.1, 0.15) is 0 Å². The van der Waals surface area contributed by atoms with Crippen LogP contribution in [-0.2, 0) is 6.42 Å². The number of nitrogens with zero attached hydrogens (tertiary/aromatic N) is 1. The number of hydrogen-bond acceptors (Lipinski definition) is 2. The Morgan fingerprint density at radius 2 is 2.23 bits per heavy atom. The first-order valence-corrected chi connectivity index (χ1v) is 4.19. The fourth-order valence-corrected chi connectivity index (χ4v) is 1.59. The summed E-state index contributed by atoms with van der Waals surface area (Å²) in [5.41, 5.74) is 9.90. The second-order valence-electron chi connectivity index (χ2n) is 3.01. The molecule has 0 fully saturated rings. The maximum Gasteiger partial charge on any atom is 0.330 e. The Hall–Kier alpha value is -1.71. The van der Waals surface area contributed by atoms with Crippen LogP contribution < -0.4 is 16.2 Å². The van der Waals surface area contributed by atoms with Crippen molar-refractivity contribution in [1.82, 2.24) is 5.43 Å². The molecule has 0 bridgehead atoms. The summed E-state index contributed by atoms with van der Waals surface area (Å²) in [5, 5.41) is 1.78. The van der Waals surface area contributed by atoms with E-state index in [1.54, 1.807) is 5.01 Å². The molecule has 68 valence electrons.